The summed E-state index contributed by atoms with van der Waals surface area (Å²) < 4.78 is 0. The molecule has 0 radical (unpaired) electrons. The first-order valence-corrected chi connectivity index (χ1v) is 3.15. The van der Waals surface area contributed by atoms with Gasteiger partial charge in [0.1, 0.15) is 0 Å². The molecule has 0 unspecified atom stereocenters. The van der Waals surface area contributed by atoms with Gasteiger partial charge in [-0.2, -0.15) is 0 Å². The van der Waals surface area contributed by atoms with Gasteiger partial charge in [-0.3, -0.25) is 4.98 Å². The molecule has 0 aliphatic carbocycles. The number of pyridine rings is 1. The topological polar surface area (TPSA) is 48.1 Å². The Labute approximate surface area is 84.1 Å². The number of halogens is 2. The molecule has 1 aromatic heterocycles. The Balaban J connectivity index is 0. The average Bonchev–Trinajstić information content (AvgIpc) is 2.03. The molecule has 0 fully saturated rings. The Hall–Kier alpha value is -0.350. The molecule has 1 aromatic rings. The molecule has 0 saturated carbocycles. The van der Waals surface area contributed by atoms with Gasteiger partial charge in [-0.05, 0) is 12.1 Å². The molecule has 12 heavy (non-hydrogen) atoms. The van der Waals surface area contributed by atoms with Crippen LogP contribution in [-0.4, -0.2) is 11.6 Å². The van der Waals surface area contributed by atoms with E-state index in [2.05, 4.69) is 9.82 Å². The number of nitrogens with two attached hydrogens (primary N) is 1. The lowest BCUT2D eigenvalue weighted by Crippen LogP contribution is -2.04. The molecule has 0 bridgehead atoms. The van der Waals surface area contributed by atoms with Crippen molar-refractivity contribution in [3.8, 4) is 0 Å². The molecule has 3 nitrogen and oxygen atoms in total. The van der Waals surface area contributed by atoms with Crippen molar-refractivity contribution in [3.05, 3.63) is 30.1 Å². The van der Waals surface area contributed by atoms with Crippen LogP contribution in [-0.2, 0) is 11.3 Å². The summed E-state index contributed by atoms with van der Waals surface area (Å²) in [6.07, 6.45) is 2.53. The fourth-order valence-electron chi connectivity index (χ4n) is 0.710. The van der Waals surface area contributed by atoms with Crippen LogP contribution in [0.25, 0.3) is 0 Å². The quantitative estimate of drug-likeness (QED) is 0.768. The normalized spacial score (nSPS) is 8.08. The standard InChI is InChI=1S/C7H10N2O.2ClH/c8-10-6-4-7-3-1-2-5-9-7;;/h1-3,5H,4,6,8H2;2*1H. The minimum atomic E-state index is 0. The fourth-order valence-corrected chi connectivity index (χ4v) is 0.710. The highest BCUT2D eigenvalue weighted by Crippen LogP contribution is 1.93. The maximum Gasteiger partial charge on any atom is 0.0734 e. The van der Waals surface area contributed by atoms with E-state index in [9.17, 15) is 0 Å². The zero-order chi connectivity index (χ0) is 7.23. The van der Waals surface area contributed by atoms with E-state index >= 15 is 0 Å². The largest absolute Gasteiger partial charge is 0.304 e. The van der Waals surface area contributed by atoms with E-state index in [1.54, 1.807) is 6.20 Å². The van der Waals surface area contributed by atoms with Gasteiger partial charge in [0.2, 0.25) is 0 Å². The lowest BCUT2D eigenvalue weighted by molar-refractivity contribution is 0.140. The molecule has 0 aliphatic heterocycles. The summed E-state index contributed by atoms with van der Waals surface area (Å²) in [5.41, 5.74) is 1.01. The number of aromatic nitrogens is 1. The molecule has 1 heterocycles. The van der Waals surface area contributed by atoms with Crippen molar-refractivity contribution in [2.24, 2.45) is 5.90 Å². The molecule has 0 spiro atoms. The molecule has 0 aromatic carbocycles. The maximum absolute atomic E-state index is 4.85. The first kappa shape index (κ1) is 14.2. The van der Waals surface area contributed by atoms with Gasteiger partial charge in [0.05, 0.1) is 6.61 Å². The SMILES string of the molecule is Cl.Cl.NOCCc1ccccn1. The molecule has 0 aliphatic rings. The van der Waals surface area contributed by atoms with Gasteiger partial charge in [-0.15, -0.1) is 24.8 Å². The summed E-state index contributed by atoms with van der Waals surface area (Å²) in [7, 11) is 0. The van der Waals surface area contributed by atoms with E-state index in [4.69, 9.17) is 5.90 Å². The molecule has 0 saturated heterocycles. The Kier molecular flexibility index (Phi) is 10.3. The van der Waals surface area contributed by atoms with Crippen LogP contribution in [0.1, 0.15) is 5.69 Å². The molecule has 2 N–H and O–H groups in total. The highest BCUT2D eigenvalue weighted by atomic mass is 35.5. The third-order valence-corrected chi connectivity index (χ3v) is 1.20. The third-order valence-electron chi connectivity index (χ3n) is 1.20. The Bertz CT molecular complexity index is 184. The van der Waals surface area contributed by atoms with Crippen molar-refractivity contribution in [1.82, 2.24) is 4.98 Å². The molecule has 70 valence electrons. The molecular weight excluding hydrogens is 199 g/mol. The summed E-state index contributed by atoms with van der Waals surface area (Å²) in [4.78, 5) is 8.49. The molecular formula is C7H12Cl2N2O. The van der Waals surface area contributed by atoms with E-state index < -0.39 is 0 Å². The third kappa shape index (κ3) is 5.32. The monoisotopic (exact) mass is 210 g/mol. The zero-order valence-corrected chi connectivity index (χ0v) is 8.11. The lowest BCUT2D eigenvalue weighted by Gasteiger charge is -1.95. The highest BCUT2D eigenvalue weighted by molar-refractivity contribution is 5.85. The fraction of sp³-hybridized carbons (Fsp3) is 0.286. The second-order valence-electron chi connectivity index (χ2n) is 1.94. The van der Waals surface area contributed by atoms with Gasteiger partial charge in [-0.1, -0.05) is 6.07 Å². The second-order valence-corrected chi connectivity index (χ2v) is 1.94. The van der Waals surface area contributed by atoms with E-state index in [1.165, 1.54) is 0 Å². The van der Waals surface area contributed by atoms with Crippen molar-refractivity contribution in [2.45, 2.75) is 6.42 Å². The summed E-state index contributed by atoms with van der Waals surface area (Å²) in [5.74, 6) is 4.85. The zero-order valence-electron chi connectivity index (χ0n) is 6.47. The van der Waals surface area contributed by atoms with Crippen molar-refractivity contribution >= 4 is 24.8 Å². The number of nitrogens with zero attached hydrogens (tertiary/aromatic N) is 1. The van der Waals surface area contributed by atoms with Gasteiger partial charge in [0, 0.05) is 18.3 Å². The maximum atomic E-state index is 4.85. The van der Waals surface area contributed by atoms with Gasteiger partial charge in [0.15, 0.2) is 0 Å². The molecule has 0 atom stereocenters. The molecule has 5 heteroatoms. The van der Waals surface area contributed by atoms with Crippen LogP contribution in [0.3, 0.4) is 0 Å². The second kappa shape index (κ2) is 8.74. The van der Waals surface area contributed by atoms with Crippen molar-refractivity contribution in [1.29, 1.82) is 0 Å². The highest BCUT2D eigenvalue weighted by Gasteiger charge is 1.89. The Morgan fingerprint density at radius 2 is 2.08 bits per heavy atom. The Morgan fingerprint density at radius 3 is 2.58 bits per heavy atom. The van der Waals surface area contributed by atoms with Gasteiger partial charge >= 0.3 is 0 Å². The van der Waals surface area contributed by atoms with Crippen molar-refractivity contribution in [3.63, 3.8) is 0 Å². The van der Waals surface area contributed by atoms with Gasteiger partial charge in [0.25, 0.3) is 0 Å². The van der Waals surface area contributed by atoms with Crippen LogP contribution < -0.4 is 5.90 Å². The van der Waals surface area contributed by atoms with Crippen molar-refractivity contribution in [2.75, 3.05) is 6.61 Å². The van der Waals surface area contributed by atoms with Crippen LogP contribution in [0.4, 0.5) is 0 Å². The predicted octanol–water partition coefficient (Wildman–Crippen LogP) is 1.36. The predicted molar refractivity (Wildman–Crippen MR) is 52.6 cm³/mol. The summed E-state index contributed by atoms with van der Waals surface area (Å²) in [5, 5.41) is 0. The number of rotatable bonds is 3. The van der Waals surface area contributed by atoms with E-state index in [0.717, 1.165) is 12.1 Å². The van der Waals surface area contributed by atoms with E-state index in [-0.39, 0.29) is 24.8 Å². The van der Waals surface area contributed by atoms with E-state index in [0.29, 0.717) is 6.61 Å². The van der Waals surface area contributed by atoms with Crippen LogP contribution in [0, 0.1) is 0 Å². The lowest BCUT2D eigenvalue weighted by atomic mass is 10.3. The smallest absolute Gasteiger partial charge is 0.0734 e. The van der Waals surface area contributed by atoms with Crippen LogP contribution >= 0.6 is 24.8 Å². The van der Waals surface area contributed by atoms with Gasteiger partial charge in [-0.25, -0.2) is 5.90 Å². The minimum Gasteiger partial charge on any atom is -0.304 e. The van der Waals surface area contributed by atoms with Crippen LogP contribution in [0.15, 0.2) is 24.4 Å². The van der Waals surface area contributed by atoms with Gasteiger partial charge < -0.3 is 4.84 Å². The molecule has 1 rings (SSSR count). The van der Waals surface area contributed by atoms with Crippen molar-refractivity contribution < 1.29 is 4.84 Å². The number of hydrogen-bond acceptors (Lipinski definition) is 3. The van der Waals surface area contributed by atoms with E-state index in [1.807, 2.05) is 18.2 Å². The van der Waals surface area contributed by atoms with Crippen LogP contribution in [0.5, 0.6) is 0 Å². The first-order valence-electron chi connectivity index (χ1n) is 3.15. The van der Waals surface area contributed by atoms with Crippen LogP contribution in [0.2, 0.25) is 0 Å². The summed E-state index contributed by atoms with van der Waals surface area (Å²) in [6.45, 7) is 0.525. The Morgan fingerprint density at radius 1 is 1.33 bits per heavy atom. The average molecular weight is 211 g/mol. The molecule has 0 amide bonds. The number of hydrogen-bond donors (Lipinski definition) is 1. The summed E-state index contributed by atoms with van der Waals surface area (Å²) in [6, 6.07) is 5.77. The first-order chi connectivity index (χ1) is 4.93. The summed E-state index contributed by atoms with van der Waals surface area (Å²) >= 11 is 0. The minimum absolute atomic E-state index is 0.